The van der Waals surface area contributed by atoms with Crippen molar-refractivity contribution in [2.45, 2.75) is 0 Å². The lowest BCUT2D eigenvalue weighted by Crippen LogP contribution is -1.63. The summed E-state index contributed by atoms with van der Waals surface area (Å²) in [6.45, 7) is 0. The second kappa shape index (κ2) is 3.68. The molecule has 2 aromatic carbocycles. The Balaban J connectivity index is 2.54. The average Bonchev–Trinajstić information content (AvgIpc) is 2.39. The van der Waals surface area contributed by atoms with Gasteiger partial charge < -0.3 is 4.42 Å². The zero-order chi connectivity index (χ0) is 10.1. The second-order valence-corrected chi connectivity index (χ2v) is 5.49. The van der Waals surface area contributed by atoms with Crippen molar-refractivity contribution in [2.75, 3.05) is 0 Å². The molecule has 6 aromatic rings. The summed E-state index contributed by atoms with van der Waals surface area (Å²) < 4.78 is 8.19. The lowest BCUT2D eigenvalue weighted by Gasteiger charge is -1.89. The second-order valence-electron chi connectivity index (χ2n) is 3.21. The van der Waals surface area contributed by atoms with Crippen LogP contribution in [0.2, 0.25) is 0 Å². The standard InChI is InChI=1S/C12H8OS2/c1-5-11-6-2-9(1)13-10-3-7-12(8-4-10)15-14-11/h1-8H. The van der Waals surface area contributed by atoms with E-state index in [0.717, 1.165) is 11.2 Å². The Kier molecular flexibility index (Phi) is 2.19. The van der Waals surface area contributed by atoms with Crippen molar-refractivity contribution in [1.82, 2.24) is 0 Å². The Morgan fingerprint density at radius 3 is 1.40 bits per heavy atom. The maximum Gasteiger partial charge on any atom is 0.127 e. The maximum atomic E-state index is 5.70. The lowest BCUT2D eigenvalue weighted by atomic mass is 10.3. The monoisotopic (exact) mass is 232 g/mol. The molecule has 4 aromatic heterocycles. The summed E-state index contributed by atoms with van der Waals surface area (Å²) in [7, 11) is 3.53. The van der Waals surface area contributed by atoms with Crippen molar-refractivity contribution in [3.8, 4) is 0 Å². The van der Waals surface area contributed by atoms with E-state index in [1.54, 1.807) is 20.7 Å². The molecule has 4 bridgehead atoms. The SMILES string of the molecule is c1cc2ccc1oc1ccc(cc1)ss2. The van der Waals surface area contributed by atoms with Gasteiger partial charge in [-0.15, -0.1) is 0 Å². The first-order chi connectivity index (χ1) is 7.40. The van der Waals surface area contributed by atoms with Gasteiger partial charge in [-0.05, 0) is 48.5 Å². The minimum Gasteiger partial charge on any atom is -0.457 e. The molecule has 0 spiro atoms. The zero-order valence-corrected chi connectivity index (χ0v) is 9.48. The van der Waals surface area contributed by atoms with E-state index in [1.807, 2.05) is 24.3 Å². The van der Waals surface area contributed by atoms with Crippen molar-refractivity contribution in [1.29, 1.82) is 0 Å². The van der Waals surface area contributed by atoms with E-state index < -0.39 is 0 Å². The van der Waals surface area contributed by atoms with Crippen molar-refractivity contribution >= 4 is 41.2 Å². The molecule has 0 aliphatic carbocycles. The largest absolute Gasteiger partial charge is 0.457 e. The fourth-order valence-corrected chi connectivity index (χ4v) is 3.29. The van der Waals surface area contributed by atoms with E-state index in [-0.39, 0.29) is 0 Å². The summed E-state index contributed by atoms with van der Waals surface area (Å²) in [6, 6.07) is 16.3. The Morgan fingerprint density at radius 1 is 0.600 bits per heavy atom. The highest BCUT2D eigenvalue weighted by Crippen LogP contribution is 2.20. The number of hydrogen-bond acceptors (Lipinski definition) is 3. The number of benzene rings is 2. The normalized spacial score (nSPS) is 10.7. The smallest absolute Gasteiger partial charge is 0.127 e. The van der Waals surface area contributed by atoms with Gasteiger partial charge in [0.15, 0.2) is 0 Å². The minimum atomic E-state index is 0.888. The summed E-state index contributed by atoms with van der Waals surface area (Å²) >= 11 is 0. The molecule has 0 atom stereocenters. The highest BCUT2D eigenvalue weighted by molar-refractivity contribution is 7.73. The first kappa shape index (κ1) is 8.95. The Labute approximate surface area is 94.3 Å². The molecule has 0 fully saturated rings. The van der Waals surface area contributed by atoms with Crippen LogP contribution in [0.5, 0.6) is 0 Å². The van der Waals surface area contributed by atoms with Gasteiger partial charge in [0.05, 0.1) is 0 Å². The molecule has 1 nitrogen and oxygen atoms in total. The number of rotatable bonds is 0. The summed E-state index contributed by atoms with van der Waals surface area (Å²) in [5.41, 5.74) is 1.78. The van der Waals surface area contributed by atoms with Gasteiger partial charge in [-0.1, -0.05) is 20.7 Å². The Bertz CT molecular complexity index is 547. The molecule has 4 heterocycles. The molecule has 0 saturated heterocycles. The molecule has 0 unspecified atom stereocenters. The van der Waals surface area contributed by atoms with Crippen LogP contribution in [-0.4, -0.2) is 0 Å². The topological polar surface area (TPSA) is 13.1 Å². The molecule has 6 rings (SSSR count). The van der Waals surface area contributed by atoms with Crippen molar-refractivity contribution in [2.24, 2.45) is 0 Å². The molecule has 0 aliphatic heterocycles. The molecule has 74 valence electrons. The van der Waals surface area contributed by atoms with Crippen LogP contribution in [0.4, 0.5) is 0 Å². The predicted molar refractivity (Wildman–Crippen MR) is 67.1 cm³/mol. The third kappa shape index (κ3) is 1.89. The molecule has 3 heteroatoms. The zero-order valence-electron chi connectivity index (χ0n) is 7.84. The van der Waals surface area contributed by atoms with E-state index in [0.29, 0.717) is 0 Å². The molecule has 0 saturated carbocycles. The molecule has 0 radical (unpaired) electrons. The lowest BCUT2D eigenvalue weighted by molar-refractivity contribution is 0.656. The first-order valence-electron chi connectivity index (χ1n) is 4.63. The van der Waals surface area contributed by atoms with E-state index in [1.165, 1.54) is 9.40 Å². The maximum absolute atomic E-state index is 5.70. The predicted octanol–water partition coefficient (Wildman–Crippen LogP) is 4.83. The van der Waals surface area contributed by atoms with Gasteiger partial charge in [-0.3, -0.25) is 0 Å². The quantitative estimate of drug-likeness (QED) is 0.506. The molecule has 15 heavy (non-hydrogen) atoms. The Hall–Kier alpha value is -1.32. The summed E-state index contributed by atoms with van der Waals surface area (Å²) in [4.78, 5) is 0. The summed E-state index contributed by atoms with van der Waals surface area (Å²) in [6.07, 6.45) is 0. The van der Waals surface area contributed by atoms with E-state index in [9.17, 15) is 0 Å². The third-order valence-electron chi connectivity index (χ3n) is 2.12. The van der Waals surface area contributed by atoms with Crippen LogP contribution in [0, 0.1) is 0 Å². The van der Waals surface area contributed by atoms with Crippen LogP contribution in [0.25, 0.3) is 20.6 Å². The van der Waals surface area contributed by atoms with E-state index in [4.69, 9.17) is 4.42 Å². The summed E-state index contributed by atoms with van der Waals surface area (Å²) in [5.74, 6) is 0. The van der Waals surface area contributed by atoms with Gasteiger partial charge in [0, 0.05) is 9.40 Å². The van der Waals surface area contributed by atoms with Gasteiger partial charge in [0.25, 0.3) is 0 Å². The van der Waals surface area contributed by atoms with Crippen LogP contribution in [0.1, 0.15) is 0 Å². The highest BCUT2D eigenvalue weighted by Gasteiger charge is 1.89. The van der Waals surface area contributed by atoms with Crippen LogP contribution in [0.3, 0.4) is 0 Å². The highest BCUT2D eigenvalue weighted by atomic mass is 32.9. The summed E-state index contributed by atoms with van der Waals surface area (Å²) in [5, 5.41) is 0. The van der Waals surface area contributed by atoms with Gasteiger partial charge in [-0.2, -0.15) is 0 Å². The third-order valence-corrected chi connectivity index (χ3v) is 4.53. The van der Waals surface area contributed by atoms with Gasteiger partial charge >= 0.3 is 0 Å². The van der Waals surface area contributed by atoms with Gasteiger partial charge in [0.2, 0.25) is 0 Å². The van der Waals surface area contributed by atoms with Crippen LogP contribution in [-0.2, 0) is 0 Å². The fourth-order valence-electron chi connectivity index (χ4n) is 1.36. The van der Waals surface area contributed by atoms with E-state index in [2.05, 4.69) is 24.3 Å². The molecule has 0 N–H and O–H groups in total. The van der Waals surface area contributed by atoms with Crippen LogP contribution >= 0.6 is 20.7 Å². The van der Waals surface area contributed by atoms with Gasteiger partial charge in [0.1, 0.15) is 11.2 Å². The fraction of sp³-hybridized carbons (Fsp3) is 0. The minimum absolute atomic E-state index is 0.888. The van der Waals surface area contributed by atoms with Crippen LogP contribution < -0.4 is 0 Å². The Morgan fingerprint density at radius 2 is 1.00 bits per heavy atom. The molecule has 0 aliphatic rings. The average molecular weight is 232 g/mol. The molecular formula is C12H8OS2. The van der Waals surface area contributed by atoms with Crippen molar-refractivity contribution < 1.29 is 4.42 Å². The van der Waals surface area contributed by atoms with Crippen LogP contribution in [0.15, 0.2) is 52.9 Å². The molecule has 0 amide bonds. The van der Waals surface area contributed by atoms with Crippen molar-refractivity contribution in [3.63, 3.8) is 0 Å². The first-order valence-corrected chi connectivity index (χ1v) is 6.78. The van der Waals surface area contributed by atoms with Gasteiger partial charge in [-0.25, -0.2) is 0 Å². The van der Waals surface area contributed by atoms with Crippen molar-refractivity contribution in [3.05, 3.63) is 48.5 Å². The molecular weight excluding hydrogens is 224 g/mol. The van der Waals surface area contributed by atoms with E-state index >= 15 is 0 Å². The number of hydrogen-bond donors (Lipinski definition) is 0.